The molecule has 0 aromatic heterocycles. The molecule has 0 unspecified atom stereocenters. The quantitative estimate of drug-likeness (QED) is 0.558. The second kappa shape index (κ2) is 2.72. The molecule has 0 heterocycles. The predicted octanol–water partition coefficient (Wildman–Crippen LogP) is 2.46. The van der Waals surface area contributed by atoms with Crippen LogP contribution < -0.4 is 0 Å². The summed E-state index contributed by atoms with van der Waals surface area (Å²) in [7, 11) is 0. The highest BCUT2D eigenvalue weighted by Crippen LogP contribution is 2.16. The summed E-state index contributed by atoms with van der Waals surface area (Å²) in [4.78, 5) is 0.604. The third-order valence-corrected chi connectivity index (χ3v) is 1.20. The normalized spacial score (nSPS) is 9.12. The van der Waals surface area contributed by atoms with Crippen molar-refractivity contribution in [3.8, 4) is 0 Å². The molecule has 0 aliphatic heterocycles. The average Bonchev–Trinajstić information content (AvgIpc) is 1.90. The number of hydrogen-bond acceptors (Lipinski definition) is 1. The van der Waals surface area contributed by atoms with Crippen molar-refractivity contribution in [3.63, 3.8) is 0 Å². The highest BCUT2D eigenvalue weighted by atomic mass is 32.2. The summed E-state index contributed by atoms with van der Waals surface area (Å²) in [6.07, 6.45) is 0. The van der Waals surface area contributed by atoms with Crippen LogP contribution in [0.4, 0.5) is 3.89 Å². The summed E-state index contributed by atoms with van der Waals surface area (Å²) in [5.74, 6) is 0. The Bertz CT molecular complexity index is 150. The summed E-state index contributed by atoms with van der Waals surface area (Å²) >= 11 is 0.238. The number of benzene rings is 1. The molecule has 1 aromatic carbocycles. The van der Waals surface area contributed by atoms with Gasteiger partial charge < -0.3 is 0 Å². The van der Waals surface area contributed by atoms with E-state index in [1.165, 1.54) is 0 Å². The van der Waals surface area contributed by atoms with Crippen molar-refractivity contribution >= 4 is 12.1 Å². The van der Waals surface area contributed by atoms with E-state index in [-0.39, 0.29) is 12.1 Å². The Labute approximate surface area is 52.0 Å². The van der Waals surface area contributed by atoms with Crippen molar-refractivity contribution in [2.24, 2.45) is 0 Å². The van der Waals surface area contributed by atoms with Gasteiger partial charge in [0, 0.05) is 4.90 Å². The zero-order valence-corrected chi connectivity index (χ0v) is 4.91. The van der Waals surface area contributed by atoms with Crippen LogP contribution in [0.25, 0.3) is 0 Å². The van der Waals surface area contributed by atoms with E-state index in [2.05, 4.69) is 6.07 Å². The molecule has 0 bridgehead atoms. The van der Waals surface area contributed by atoms with E-state index in [0.29, 0.717) is 4.90 Å². The first-order chi connectivity index (χ1) is 3.93. The minimum atomic E-state index is 0.238. The largest absolute Gasteiger partial charge is 0.160 e. The van der Waals surface area contributed by atoms with Crippen molar-refractivity contribution < 1.29 is 3.89 Å². The molecule has 0 amide bonds. The molecule has 0 aliphatic carbocycles. The van der Waals surface area contributed by atoms with Crippen molar-refractivity contribution in [3.05, 3.63) is 30.3 Å². The van der Waals surface area contributed by atoms with Crippen LogP contribution in [-0.2, 0) is 0 Å². The van der Waals surface area contributed by atoms with Crippen LogP contribution in [0.3, 0.4) is 0 Å². The maximum Gasteiger partial charge on any atom is 0.0812 e. The van der Waals surface area contributed by atoms with Gasteiger partial charge >= 0.3 is 0 Å². The van der Waals surface area contributed by atoms with E-state index in [1.807, 2.05) is 0 Å². The molecule has 0 atom stereocenters. The van der Waals surface area contributed by atoms with Gasteiger partial charge in [-0.15, -0.1) is 0 Å². The number of hydrogen-bond donors (Lipinski definition) is 0. The molecule has 0 N–H and O–H groups in total. The Balaban J connectivity index is 2.83. The van der Waals surface area contributed by atoms with Crippen LogP contribution in [0.1, 0.15) is 0 Å². The first-order valence-electron chi connectivity index (χ1n) is 2.18. The third kappa shape index (κ3) is 1.23. The summed E-state index contributed by atoms with van der Waals surface area (Å²) in [5.41, 5.74) is 0. The topological polar surface area (TPSA) is 0 Å². The molecule has 1 radical (unpaired) electrons. The van der Waals surface area contributed by atoms with Crippen LogP contribution >= 0.6 is 12.1 Å². The lowest BCUT2D eigenvalue weighted by atomic mass is 10.4. The van der Waals surface area contributed by atoms with Gasteiger partial charge in [0.05, 0.1) is 12.1 Å². The minimum Gasteiger partial charge on any atom is -0.160 e. The molecule has 0 saturated heterocycles. The van der Waals surface area contributed by atoms with E-state index in [9.17, 15) is 3.89 Å². The van der Waals surface area contributed by atoms with E-state index < -0.39 is 0 Å². The lowest BCUT2D eigenvalue weighted by Crippen LogP contribution is -1.61. The van der Waals surface area contributed by atoms with Gasteiger partial charge in [-0.2, -0.15) is 3.89 Å². The van der Waals surface area contributed by atoms with Gasteiger partial charge in [-0.3, -0.25) is 0 Å². The lowest BCUT2D eigenvalue weighted by Gasteiger charge is -1.84. The van der Waals surface area contributed by atoms with Gasteiger partial charge in [-0.25, -0.2) is 0 Å². The molecule has 41 valence electrons. The average molecular weight is 127 g/mol. The maximum absolute atomic E-state index is 11.6. The van der Waals surface area contributed by atoms with Crippen LogP contribution in [0, 0.1) is 6.07 Å². The third-order valence-electron chi connectivity index (χ3n) is 0.768. The van der Waals surface area contributed by atoms with Gasteiger partial charge in [-0.05, 0) is 18.2 Å². The molecule has 0 nitrogen and oxygen atoms in total. The molecule has 1 aromatic rings. The van der Waals surface area contributed by atoms with Crippen LogP contribution in [0.2, 0.25) is 0 Å². The summed E-state index contributed by atoms with van der Waals surface area (Å²) in [6, 6.07) is 9.54. The first kappa shape index (κ1) is 5.63. The van der Waals surface area contributed by atoms with Gasteiger partial charge in [0.25, 0.3) is 0 Å². The maximum atomic E-state index is 11.6. The fourth-order valence-electron chi connectivity index (χ4n) is 0.425. The molecule has 0 aliphatic rings. The standard InChI is InChI=1S/C6H4FS/c7-8-6-4-2-1-3-5-6/h1-2,4-5H. The van der Waals surface area contributed by atoms with Crippen molar-refractivity contribution in [1.82, 2.24) is 0 Å². The van der Waals surface area contributed by atoms with E-state index in [1.54, 1.807) is 24.3 Å². The summed E-state index contributed by atoms with van der Waals surface area (Å²) < 4.78 is 11.6. The van der Waals surface area contributed by atoms with E-state index >= 15 is 0 Å². The predicted molar refractivity (Wildman–Crippen MR) is 32.2 cm³/mol. The summed E-state index contributed by atoms with van der Waals surface area (Å²) in [5, 5.41) is 0. The Hall–Kier alpha value is -0.500. The fraction of sp³-hybridized carbons (Fsp3) is 0. The van der Waals surface area contributed by atoms with Crippen molar-refractivity contribution in [2.75, 3.05) is 0 Å². The second-order valence-corrected chi connectivity index (χ2v) is 1.94. The molecule has 8 heavy (non-hydrogen) atoms. The zero-order chi connectivity index (χ0) is 5.82. The fourth-order valence-corrected chi connectivity index (χ4v) is 0.667. The lowest BCUT2D eigenvalue weighted by molar-refractivity contribution is 0.934. The Morgan fingerprint density at radius 3 is 2.88 bits per heavy atom. The van der Waals surface area contributed by atoms with Crippen molar-refractivity contribution in [2.45, 2.75) is 4.90 Å². The molecule has 0 saturated carbocycles. The van der Waals surface area contributed by atoms with Crippen LogP contribution in [-0.4, -0.2) is 0 Å². The molecule has 2 heteroatoms. The zero-order valence-electron chi connectivity index (χ0n) is 4.10. The second-order valence-electron chi connectivity index (χ2n) is 1.32. The Morgan fingerprint density at radius 2 is 2.50 bits per heavy atom. The first-order valence-corrected chi connectivity index (χ1v) is 2.90. The van der Waals surface area contributed by atoms with Gasteiger partial charge in [0.15, 0.2) is 0 Å². The minimum absolute atomic E-state index is 0.238. The molecule has 1 rings (SSSR count). The van der Waals surface area contributed by atoms with Crippen molar-refractivity contribution in [1.29, 1.82) is 0 Å². The highest BCUT2D eigenvalue weighted by molar-refractivity contribution is 7.94. The van der Waals surface area contributed by atoms with E-state index in [4.69, 9.17) is 0 Å². The molecular formula is C6H4FS. The molecular weight excluding hydrogens is 123 g/mol. The van der Waals surface area contributed by atoms with Gasteiger partial charge in [0.2, 0.25) is 0 Å². The Kier molecular flexibility index (Phi) is 1.92. The number of rotatable bonds is 1. The highest BCUT2D eigenvalue weighted by Gasteiger charge is 1.85. The monoisotopic (exact) mass is 127 g/mol. The smallest absolute Gasteiger partial charge is 0.0812 e. The van der Waals surface area contributed by atoms with Gasteiger partial charge in [0.1, 0.15) is 0 Å². The van der Waals surface area contributed by atoms with Gasteiger partial charge in [-0.1, -0.05) is 12.1 Å². The van der Waals surface area contributed by atoms with Crippen LogP contribution in [0.5, 0.6) is 0 Å². The molecule has 0 spiro atoms. The summed E-state index contributed by atoms with van der Waals surface area (Å²) in [6.45, 7) is 0. The van der Waals surface area contributed by atoms with Crippen LogP contribution in [0.15, 0.2) is 29.2 Å². The number of halogens is 1. The van der Waals surface area contributed by atoms with E-state index in [0.717, 1.165) is 0 Å². The molecule has 0 fully saturated rings. The SMILES string of the molecule is FSc1c[c]ccc1. The Morgan fingerprint density at radius 1 is 1.62 bits per heavy atom.